The average molecular weight is 438 g/mol. The fraction of sp³-hybridized carbons (Fsp3) is 0.300. The van der Waals surface area contributed by atoms with Gasteiger partial charge in [-0.25, -0.2) is 8.42 Å². The number of sulfone groups is 1. The zero-order chi connectivity index (χ0) is 21.7. The fourth-order valence-electron chi connectivity index (χ4n) is 3.12. The predicted molar refractivity (Wildman–Crippen MR) is 105 cm³/mol. The summed E-state index contributed by atoms with van der Waals surface area (Å²) in [7, 11) is -2.05. The normalized spacial score (nSPS) is 17.1. The van der Waals surface area contributed by atoms with E-state index < -0.39 is 22.5 Å². The Bertz CT molecular complexity index is 1030. The third-order valence-corrected chi connectivity index (χ3v) is 5.91. The van der Waals surface area contributed by atoms with Gasteiger partial charge in [0.25, 0.3) is 0 Å². The van der Waals surface area contributed by atoms with Crippen LogP contribution >= 0.6 is 0 Å². The van der Waals surface area contributed by atoms with Crippen molar-refractivity contribution in [2.75, 3.05) is 12.9 Å². The topological polar surface area (TPSA) is 85.8 Å². The molecular formula is C20H20F2N2O5S. The zero-order valence-electron chi connectivity index (χ0n) is 16.1. The van der Waals surface area contributed by atoms with Crippen LogP contribution in [0.5, 0.6) is 11.5 Å². The number of methoxy groups -OCH3 is 1. The molecule has 7 nitrogen and oxygen atoms in total. The van der Waals surface area contributed by atoms with E-state index in [-0.39, 0.29) is 36.1 Å². The van der Waals surface area contributed by atoms with E-state index in [1.807, 2.05) is 0 Å². The Labute approximate surface area is 172 Å². The highest BCUT2D eigenvalue weighted by Crippen LogP contribution is 2.30. The van der Waals surface area contributed by atoms with Gasteiger partial charge in [0.1, 0.15) is 0 Å². The number of halogens is 2. The number of hydrogen-bond acceptors (Lipinski definition) is 6. The average Bonchev–Trinajstić information content (AvgIpc) is 3.06. The Balaban J connectivity index is 1.83. The number of nitrogens with zero attached hydrogens (tertiary/aromatic N) is 2. The van der Waals surface area contributed by atoms with Gasteiger partial charge in [-0.2, -0.15) is 8.78 Å². The number of amides is 1. The van der Waals surface area contributed by atoms with Gasteiger partial charge in [0, 0.05) is 24.3 Å². The van der Waals surface area contributed by atoms with E-state index in [9.17, 15) is 22.0 Å². The standard InChI is InChI=1S/C20H20F2N2O5S/c1-28-17-3-2-15(10-18(17)29-20(21)22)11-19(25)24(12-14-4-7-23-8-5-14)16-6-9-30(26,27)13-16/h2-10,16,20H,11-13H2,1H3. The van der Waals surface area contributed by atoms with Crippen molar-refractivity contribution in [2.45, 2.75) is 25.6 Å². The summed E-state index contributed by atoms with van der Waals surface area (Å²) in [6, 6.07) is 7.17. The number of aromatic nitrogens is 1. The number of pyridine rings is 1. The molecule has 3 rings (SSSR count). The number of rotatable bonds is 8. The SMILES string of the molecule is COc1ccc(CC(=O)N(Cc2ccncc2)C2C=CS(=O)(=O)C2)cc1OC(F)F. The molecule has 2 aromatic rings. The van der Waals surface area contributed by atoms with Crippen molar-refractivity contribution in [2.24, 2.45) is 0 Å². The van der Waals surface area contributed by atoms with E-state index in [1.165, 1.54) is 30.2 Å². The first kappa shape index (κ1) is 21.7. The number of alkyl halides is 2. The maximum Gasteiger partial charge on any atom is 0.387 e. The number of benzene rings is 1. The van der Waals surface area contributed by atoms with Gasteiger partial charge < -0.3 is 14.4 Å². The van der Waals surface area contributed by atoms with Crippen LogP contribution in [0.1, 0.15) is 11.1 Å². The lowest BCUT2D eigenvalue weighted by molar-refractivity contribution is -0.132. The highest BCUT2D eigenvalue weighted by molar-refractivity contribution is 7.94. The van der Waals surface area contributed by atoms with Gasteiger partial charge in [0.15, 0.2) is 21.3 Å². The second-order valence-corrected chi connectivity index (χ2v) is 8.57. The summed E-state index contributed by atoms with van der Waals surface area (Å²) in [6.45, 7) is -2.86. The summed E-state index contributed by atoms with van der Waals surface area (Å²) in [5, 5.41) is 1.10. The molecule has 160 valence electrons. The molecule has 0 fully saturated rings. The molecule has 0 radical (unpaired) electrons. The van der Waals surface area contributed by atoms with Crippen LogP contribution in [-0.2, 0) is 27.6 Å². The largest absolute Gasteiger partial charge is 0.493 e. The van der Waals surface area contributed by atoms with Crippen LogP contribution in [0.3, 0.4) is 0 Å². The number of carbonyl (C=O) groups excluding carboxylic acids is 1. The van der Waals surface area contributed by atoms with Gasteiger partial charge in [-0.3, -0.25) is 9.78 Å². The Hall–Kier alpha value is -3.01. The molecule has 0 spiro atoms. The molecule has 2 heterocycles. The summed E-state index contributed by atoms with van der Waals surface area (Å²) in [5.74, 6) is -0.620. The minimum absolute atomic E-state index is 0.116. The molecule has 1 aromatic carbocycles. The lowest BCUT2D eigenvalue weighted by Gasteiger charge is -2.28. The molecule has 0 saturated heterocycles. The van der Waals surface area contributed by atoms with E-state index in [0.717, 1.165) is 11.0 Å². The van der Waals surface area contributed by atoms with E-state index in [1.54, 1.807) is 30.6 Å². The van der Waals surface area contributed by atoms with Crippen molar-refractivity contribution < 1.29 is 31.5 Å². The highest BCUT2D eigenvalue weighted by Gasteiger charge is 2.30. The van der Waals surface area contributed by atoms with Crippen molar-refractivity contribution in [3.05, 3.63) is 65.3 Å². The van der Waals surface area contributed by atoms with Crippen molar-refractivity contribution in [1.82, 2.24) is 9.88 Å². The molecule has 0 saturated carbocycles. The Kier molecular flexibility index (Phi) is 6.66. The first-order valence-corrected chi connectivity index (χ1v) is 10.7. The van der Waals surface area contributed by atoms with Gasteiger partial charge in [0.2, 0.25) is 5.91 Å². The molecule has 10 heteroatoms. The molecule has 0 bridgehead atoms. The molecule has 1 atom stereocenters. The minimum Gasteiger partial charge on any atom is -0.493 e. The van der Waals surface area contributed by atoms with Crippen LogP contribution in [0, 0.1) is 0 Å². The van der Waals surface area contributed by atoms with Gasteiger partial charge >= 0.3 is 6.61 Å². The summed E-state index contributed by atoms with van der Waals surface area (Å²) in [6.07, 6.45) is 4.51. The van der Waals surface area contributed by atoms with Crippen LogP contribution in [0.15, 0.2) is 54.2 Å². The fourth-order valence-corrected chi connectivity index (χ4v) is 4.42. The molecular weight excluding hydrogens is 418 g/mol. The molecule has 0 N–H and O–H groups in total. The van der Waals surface area contributed by atoms with E-state index in [4.69, 9.17) is 4.74 Å². The summed E-state index contributed by atoms with van der Waals surface area (Å²) >= 11 is 0. The second kappa shape index (κ2) is 9.21. The van der Waals surface area contributed by atoms with E-state index >= 15 is 0 Å². The third kappa shape index (κ3) is 5.53. The Morgan fingerprint density at radius 1 is 1.20 bits per heavy atom. The van der Waals surface area contributed by atoms with Crippen LogP contribution in [-0.4, -0.2) is 49.7 Å². The first-order chi connectivity index (χ1) is 14.3. The van der Waals surface area contributed by atoms with Crippen molar-refractivity contribution >= 4 is 15.7 Å². The molecule has 1 aromatic heterocycles. The smallest absolute Gasteiger partial charge is 0.387 e. The quantitative estimate of drug-likeness (QED) is 0.630. The van der Waals surface area contributed by atoms with Crippen LogP contribution in [0.2, 0.25) is 0 Å². The van der Waals surface area contributed by atoms with Crippen LogP contribution in [0.4, 0.5) is 8.78 Å². The number of hydrogen-bond donors (Lipinski definition) is 0. The molecule has 1 aliphatic rings. The molecule has 1 amide bonds. The molecule has 1 aliphatic heterocycles. The summed E-state index contributed by atoms with van der Waals surface area (Å²) in [5.41, 5.74) is 1.22. The van der Waals surface area contributed by atoms with Crippen LogP contribution < -0.4 is 9.47 Å². The van der Waals surface area contributed by atoms with Gasteiger partial charge in [0.05, 0.1) is 25.3 Å². The third-order valence-electron chi connectivity index (χ3n) is 4.53. The predicted octanol–water partition coefficient (Wildman–Crippen LogP) is 2.57. The summed E-state index contributed by atoms with van der Waals surface area (Å²) < 4.78 is 58.5. The van der Waals surface area contributed by atoms with E-state index in [2.05, 4.69) is 9.72 Å². The highest BCUT2D eigenvalue weighted by atomic mass is 32.2. The lowest BCUT2D eigenvalue weighted by Crippen LogP contribution is -2.41. The maximum absolute atomic E-state index is 13.1. The van der Waals surface area contributed by atoms with Gasteiger partial charge in [-0.1, -0.05) is 6.07 Å². The van der Waals surface area contributed by atoms with Crippen LogP contribution in [0.25, 0.3) is 0 Å². The molecule has 30 heavy (non-hydrogen) atoms. The molecule has 1 unspecified atom stereocenters. The lowest BCUT2D eigenvalue weighted by atomic mass is 10.1. The minimum atomic E-state index is -3.38. The monoisotopic (exact) mass is 438 g/mol. The summed E-state index contributed by atoms with van der Waals surface area (Å²) in [4.78, 5) is 18.5. The number of ether oxygens (including phenoxy) is 2. The zero-order valence-corrected chi connectivity index (χ0v) is 16.9. The van der Waals surface area contributed by atoms with Gasteiger partial charge in [-0.15, -0.1) is 0 Å². The van der Waals surface area contributed by atoms with Gasteiger partial charge in [-0.05, 0) is 41.5 Å². The molecule has 0 aliphatic carbocycles. The van der Waals surface area contributed by atoms with Crippen molar-refractivity contribution in [3.63, 3.8) is 0 Å². The van der Waals surface area contributed by atoms with E-state index in [0.29, 0.717) is 5.56 Å². The van der Waals surface area contributed by atoms with Crippen molar-refractivity contribution in [3.8, 4) is 11.5 Å². The number of carbonyl (C=O) groups is 1. The first-order valence-electron chi connectivity index (χ1n) is 8.98. The Morgan fingerprint density at radius 2 is 1.93 bits per heavy atom. The van der Waals surface area contributed by atoms with Crippen molar-refractivity contribution in [1.29, 1.82) is 0 Å². The second-order valence-electron chi connectivity index (χ2n) is 6.64. The Morgan fingerprint density at radius 3 is 2.53 bits per heavy atom. The maximum atomic E-state index is 13.1.